The zero-order chi connectivity index (χ0) is 15.6. The Morgan fingerprint density at radius 3 is 2.43 bits per heavy atom. The molecule has 0 aliphatic carbocycles. The second-order valence-corrected chi connectivity index (χ2v) is 6.91. The largest absolute Gasteiger partial charge is 0.496 e. The number of hydrogen-bond donors (Lipinski definition) is 1. The van der Waals surface area contributed by atoms with E-state index in [4.69, 9.17) is 16.3 Å². The van der Waals surface area contributed by atoms with Crippen LogP contribution in [-0.2, 0) is 0 Å². The van der Waals surface area contributed by atoms with Crippen LogP contribution < -0.4 is 10.1 Å². The highest BCUT2D eigenvalue weighted by molar-refractivity contribution is 9.10. The molecule has 1 unspecified atom stereocenters. The quantitative estimate of drug-likeness (QED) is 0.688. The standard InChI is InChI=1S/C16H16Br2ClNO/c1-9-6-15(21-3)12(8-13(9)18)16(20-2)11-5-4-10(17)7-14(11)19/h4-8,16,20H,1-3H3. The van der Waals surface area contributed by atoms with Gasteiger partial charge in [0.15, 0.2) is 0 Å². The van der Waals surface area contributed by atoms with E-state index in [-0.39, 0.29) is 6.04 Å². The SMILES string of the molecule is CNC(c1ccc(Br)cc1Cl)c1cc(Br)c(C)cc1OC. The van der Waals surface area contributed by atoms with Crippen molar-refractivity contribution in [3.63, 3.8) is 0 Å². The second-order valence-electron chi connectivity index (χ2n) is 4.73. The molecule has 0 saturated heterocycles. The fourth-order valence-corrected chi connectivity index (χ4v) is 3.43. The molecule has 0 spiro atoms. The number of aryl methyl sites for hydroxylation is 1. The normalized spacial score (nSPS) is 12.3. The van der Waals surface area contributed by atoms with Gasteiger partial charge < -0.3 is 10.1 Å². The van der Waals surface area contributed by atoms with E-state index in [0.29, 0.717) is 5.02 Å². The molecule has 0 aliphatic rings. The van der Waals surface area contributed by atoms with Crippen LogP contribution in [0.5, 0.6) is 5.75 Å². The van der Waals surface area contributed by atoms with Gasteiger partial charge in [0, 0.05) is 19.5 Å². The molecule has 0 heterocycles. The van der Waals surface area contributed by atoms with Crippen molar-refractivity contribution < 1.29 is 4.74 Å². The van der Waals surface area contributed by atoms with Gasteiger partial charge in [-0.25, -0.2) is 0 Å². The maximum absolute atomic E-state index is 6.40. The van der Waals surface area contributed by atoms with Gasteiger partial charge in [-0.05, 0) is 49.4 Å². The van der Waals surface area contributed by atoms with Crippen molar-refractivity contribution in [1.29, 1.82) is 0 Å². The molecule has 0 saturated carbocycles. The van der Waals surface area contributed by atoms with Crippen LogP contribution in [0.4, 0.5) is 0 Å². The lowest BCUT2D eigenvalue weighted by atomic mass is 9.97. The van der Waals surface area contributed by atoms with Crippen molar-refractivity contribution in [2.75, 3.05) is 14.2 Å². The molecular formula is C16H16Br2ClNO. The maximum atomic E-state index is 6.40. The van der Waals surface area contributed by atoms with E-state index >= 15 is 0 Å². The summed E-state index contributed by atoms with van der Waals surface area (Å²) in [4.78, 5) is 0. The van der Waals surface area contributed by atoms with Crippen molar-refractivity contribution in [1.82, 2.24) is 5.32 Å². The number of nitrogens with one attached hydrogen (secondary N) is 1. The Hall–Kier alpha value is -0.550. The Morgan fingerprint density at radius 1 is 1.14 bits per heavy atom. The maximum Gasteiger partial charge on any atom is 0.124 e. The monoisotopic (exact) mass is 431 g/mol. The summed E-state index contributed by atoms with van der Waals surface area (Å²) in [5.41, 5.74) is 3.19. The van der Waals surface area contributed by atoms with Crippen LogP contribution in [0.2, 0.25) is 5.02 Å². The summed E-state index contributed by atoms with van der Waals surface area (Å²) in [5.74, 6) is 0.842. The van der Waals surface area contributed by atoms with Crippen LogP contribution >= 0.6 is 43.5 Å². The Kier molecular flexibility index (Phi) is 5.72. The predicted molar refractivity (Wildman–Crippen MR) is 95.5 cm³/mol. The first-order valence-corrected chi connectivity index (χ1v) is 8.40. The van der Waals surface area contributed by atoms with Crippen LogP contribution in [0.25, 0.3) is 0 Å². The van der Waals surface area contributed by atoms with Crippen molar-refractivity contribution in [2.24, 2.45) is 0 Å². The Morgan fingerprint density at radius 2 is 1.86 bits per heavy atom. The zero-order valence-electron chi connectivity index (χ0n) is 12.0. The van der Waals surface area contributed by atoms with Crippen molar-refractivity contribution >= 4 is 43.5 Å². The lowest BCUT2D eigenvalue weighted by Crippen LogP contribution is -2.19. The summed E-state index contributed by atoms with van der Waals surface area (Å²) >= 11 is 13.4. The first-order valence-electron chi connectivity index (χ1n) is 6.44. The highest BCUT2D eigenvalue weighted by atomic mass is 79.9. The number of benzene rings is 2. The number of hydrogen-bond acceptors (Lipinski definition) is 2. The van der Waals surface area contributed by atoms with E-state index in [0.717, 1.165) is 31.4 Å². The van der Waals surface area contributed by atoms with Crippen molar-refractivity contribution in [3.05, 3.63) is 61.0 Å². The lowest BCUT2D eigenvalue weighted by Gasteiger charge is -2.22. The van der Waals surface area contributed by atoms with Crippen LogP contribution in [0.3, 0.4) is 0 Å². The summed E-state index contributed by atoms with van der Waals surface area (Å²) in [6.07, 6.45) is 0. The van der Waals surface area contributed by atoms with Crippen LogP contribution in [0, 0.1) is 6.92 Å². The average molecular weight is 434 g/mol. The Balaban J connectivity index is 2.58. The molecule has 0 fully saturated rings. The van der Waals surface area contributed by atoms with Gasteiger partial charge in [-0.15, -0.1) is 0 Å². The first-order chi connectivity index (χ1) is 9.97. The highest BCUT2D eigenvalue weighted by Crippen LogP contribution is 2.37. The molecular weight excluding hydrogens is 417 g/mol. The Labute approximate surface area is 147 Å². The highest BCUT2D eigenvalue weighted by Gasteiger charge is 2.20. The molecule has 2 nitrogen and oxygen atoms in total. The van der Waals surface area contributed by atoms with Gasteiger partial charge in [0.25, 0.3) is 0 Å². The molecule has 0 bridgehead atoms. The number of ether oxygens (including phenoxy) is 1. The number of methoxy groups -OCH3 is 1. The summed E-state index contributed by atoms with van der Waals surface area (Å²) in [7, 11) is 3.60. The summed E-state index contributed by atoms with van der Waals surface area (Å²) < 4.78 is 7.55. The number of halogens is 3. The van der Waals surface area contributed by atoms with E-state index in [1.807, 2.05) is 38.2 Å². The third-order valence-corrected chi connectivity index (χ3v) is 5.06. The summed E-state index contributed by atoms with van der Waals surface area (Å²) in [6, 6.07) is 9.96. The minimum absolute atomic E-state index is 0.0440. The van der Waals surface area contributed by atoms with Gasteiger partial charge in [0.1, 0.15) is 5.75 Å². The first kappa shape index (κ1) is 16.8. The van der Waals surface area contributed by atoms with Gasteiger partial charge >= 0.3 is 0 Å². The van der Waals surface area contributed by atoms with E-state index in [1.54, 1.807) is 7.11 Å². The minimum atomic E-state index is -0.0440. The van der Waals surface area contributed by atoms with Gasteiger partial charge in [-0.2, -0.15) is 0 Å². The second kappa shape index (κ2) is 7.14. The van der Waals surface area contributed by atoms with Crippen molar-refractivity contribution in [2.45, 2.75) is 13.0 Å². The molecule has 1 atom stereocenters. The third kappa shape index (κ3) is 3.62. The topological polar surface area (TPSA) is 21.3 Å². The molecule has 112 valence electrons. The molecule has 0 radical (unpaired) electrons. The summed E-state index contributed by atoms with van der Waals surface area (Å²) in [5, 5.41) is 4.03. The molecule has 1 N–H and O–H groups in total. The lowest BCUT2D eigenvalue weighted by molar-refractivity contribution is 0.405. The molecule has 2 aromatic rings. The fourth-order valence-electron chi connectivity index (χ4n) is 2.29. The van der Waals surface area contributed by atoms with E-state index in [9.17, 15) is 0 Å². The Bertz CT molecular complexity index is 661. The van der Waals surface area contributed by atoms with E-state index in [2.05, 4.69) is 43.2 Å². The molecule has 21 heavy (non-hydrogen) atoms. The van der Waals surface area contributed by atoms with Gasteiger partial charge in [-0.3, -0.25) is 0 Å². The molecule has 2 aromatic carbocycles. The van der Waals surface area contributed by atoms with E-state index < -0.39 is 0 Å². The van der Waals surface area contributed by atoms with E-state index in [1.165, 1.54) is 0 Å². The average Bonchev–Trinajstić information content (AvgIpc) is 2.45. The molecule has 0 aromatic heterocycles. The van der Waals surface area contributed by atoms with Gasteiger partial charge in [-0.1, -0.05) is 49.5 Å². The number of rotatable bonds is 4. The summed E-state index contributed by atoms with van der Waals surface area (Å²) in [6.45, 7) is 2.04. The minimum Gasteiger partial charge on any atom is -0.496 e. The smallest absolute Gasteiger partial charge is 0.124 e. The molecule has 0 aliphatic heterocycles. The van der Waals surface area contributed by atoms with Crippen LogP contribution in [-0.4, -0.2) is 14.2 Å². The zero-order valence-corrected chi connectivity index (χ0v) is 15.9. The molecule has 0 amide bonds. The molecule has 2 rings (SSSR count). The van der Waals surface area contributed by atoms with Crippen molar-refractivity contribution in [3.8, 4) is 5.75 Å². The third-order valence-electron chi connectivity index (χ3n) is 3.38. The fraction of sp³-hybridized carbons (Fsp3) is 0.250. The predicted octanol–water partition coefficient (Wildman–Crippen LogP) is 5.49. The van der Waals surface area contributed by atoms with Gasteiger partial charge in [0.05, 0.1) is 13.2 Å². The van der Waals surface area contributed by atoms with Crippen LogP contribution in [0.1, 0.15) is 22.7 Å². The molecule has 5 heteroatoms. The van der Waals surface area contributed by atoms with Gasteiger partial charge in [0.2, 0.25) is 0 Å². The van der Waals surface area contributed by atoms with Crippen LogP contribution in [0.15, 0.2) is 39.3 Å².